The first-order chi connectivity index (χ1) is 9.56. The molecular formula is C16H27NO3. The predicted octanol–water partition coefficient (Wildman–Crippen LogP) is 2.78. The molecule has 1 aromatic carbocycles. The summed E-state index contributed by atoms with van der Waals surface area (Å²) in [5.41, 5.74) is 7.14. The smallest absolute Gasteiger partial charge is 0.161 e. The molecular weight excluding hydrogens is 254 g/mol. The van der Waals surface area contributed by atoms with Gasteiger partial charge in [0, 0.05) is 6.04 Å². The SMILES string of the molecule is CCC(N)Cc1ccc(OCCOC(C)C)c(OC)c1. The molecule has 1 rings (SSSR count). The van der Waals surface area contributed by atoms with E-state index in [9.17, 15) is 0 Å². The number of methoxy groups -OCH3 is 1. The Balaban J connectivity index is 2.58. The molecule has 0 fully saturated rings. The van der Waals surface area contributed by atoms with Gasteiger partial charge in [0.25, 0.3) is 0 Å². The van der Waals surface area contributed by atoms with E-state index >= 15 is 0 Å². The quantitative estimate of drug-likeness (QED) is 0.707. The van der Waals surface area contributed by atoms with Crippen LogP contribution >= 0.6 is 0 Å². The molecule has 0 aliphatic heterocycles. The average molecular weight is 281 g/mol. The molecule has 0 amide bonds. The maximum Gasteiger partial charge on any atom is 0.161 e. The molecule has 1 unspecified atom stereocenters. The summed E-state index contributed by atoms with van der Waals surface area (Å²) in [6.45, 7) is 7.19. The van der Waals surface area contributed by atoms with E-state index in [2.05, 4.69) is 6.92 Å². The number of ether oxygens (including phenoxy) is 3. The lowest BCUT2D eigenvalue weighted by atomic mass is 10.0. The van der Waals surface area contributed by atoms with Gasteiger partial charge in [-0.2, -0.15) is 0 Å². The molecule has 4 heteroatoms. The summed E-state index contributed by atoms with van der Waals surface area (Å²) in [4.78, 5) is 0. The minimum absolute atomic E-state index is 0.186. The van der Waals surface area contributed by atoms with Gasteiger partial charge in [0.15, 0.2) is 11.5 Å². The highest BCUT2D eigenvalue weighted by Gasteiger charge is 2.08. The Bertz CT molecular complexity index is 393. The first kappa shape index (κ1) is 16.8. The highest BCUT2D eigenvalue weighted by Crippen LogP contribution is 2.28. The van der Waals surface area contributed by atoms with Crippen LogP contribution in [0.25, 0.3) is 0 Å². The number of benzene rings is 1. The van der Waals surface area contributed by atoms with E-state index in [0.29, 0.717) is 13.2 Å². The van der Waals surface area contributed by atoms with E-state index in [1.54, 1.807) is 7.11 Å². The van der Waals surface area contributed by atoms with E-state index in [4.69, 9.17) is 19.9 Å². The Labute approximate surface area is 122 Å². The van der Waals surface area contributed by atoms with Crippen LogP contribution < -0.4 is 15.2 Å². The molecule has 1 aromatic rings. The third-order valence-electron chi connectivity index (χ3n) is 3.04. The van der Waals surface area contributed by atoms with Crippen molar-refractivity contribution in [3.63, 3.8) is 0 Å². The van der Waals surface area contributed by atoms with Gasteiger partial charge in [0.2, 0.25) is 0 Å². The highest BCUT2D eigenvalue weighted by molar-refractivity contribution is 5.43. The molecule has 0 aromatic heterocycles. The fraction of sp³-hybridized carbons (Fsp3) is 0.625. The maximum atomic E-state index is 5.97. The van der Waals surface area contributed by atoms with Crippen molar-refractivity contribution in [1.29, 1.82) is 0 Å². The zero-order valence-corrected chi connectivity index (χ0v) is 13.0. The highest BCUT2D eigenvalue weighted by atomic mass is 16.5. The van der Waals surface area contributed by atoms with Gasteiger partial charge in [-0.1, -0.05) is 13.0 Å². The molecule has 20 heavy (non-hydrogen) atoms. The Morgan fingerprint density at radius 2 is 1.90 bits per heavy atom. The standard InChI is InChI=1S/C16H27NO3/c1-5-14(17)10-13-6-7-15(16(11-13)18-4)20-9-8-19-12(2)3/h6-7,11-12,14H,5,8-10,17H2,1-4H3. The average Bonchev–Trinajstić information content (AvgIpc) is 2.44. The summed E-state index contributed by atoms with van der Waals surface area (Å²) in [6.07, 6.45) is 2.04. The van der Waals surface area contributed by atoms with E-state index in [0.717, 1.165) is 24.3 Å². The fourth-order valence-corrected chi connectivity index (χ4v) is 1.84. The molecule has 0 saturated carbocycles. The lowest BCUT2D eigenvalue weighted by Gasteiger charge is -2.14. The van der Waals surface area contributed by atoms with Crippen molar-refractivity contribution in [3.05, 3.63) is 23.8 Å². The Morgan fingerprint density at radius 3 is 2.50 bits per heavy atom. The summed E-state index contributed by atoms with van der Waals surface area (Å²) in [7, 11) is 1.65. The van der Waals surface area contributed by atoms with Gasteiger partial charge in [-0.15, -0.1) is 0 Å². The fourth-order valence-electron chi connectivity index (χ4n) is 1.84. The van der Waals surface area contributed by atoms with E-state index in [1.165, 1.54) is 5.56 Å². The van der Waals surface area contributed by atoms with Crippen LogP contribution in [0.15, 0.2) is 18.2 Å². The second-order valence-corrected chi connectivity index (χ2v) is 5.13. The summed E-state index contributed by atoms with van der Waals surface area (Å²) < 4.78 is 16.5. The zero-order chi connectivity index (χ0) is 15.0. The zero-order valence-electron chi connectivity index (χ0n) is 13.0. The van der Waals surface area contributed by atoms with Crippen molar-refractivity contribution in [3.8, 4) is 11.5 Å². The summed E-state index contributed by atoms with van der Waals surface area (Å²) >= 11 is 0. The maximum absolute atomic E-state index is 5.97. The van der Waals surface area contributed by atoms with E-state index in [-0.39, 0.29) is 12.1 Å². The van der Waals surface area contributed by atoms with Gasteiger partial charge in [-0.3, -0.25) is 0 Å². The third kappa shape index (κ3) is 5.80. The molecule has 0 bridgehead atoms. The van der Waals surface area contributed by atoms with Gasteiger partial charge < -0.3 is 19.9 Å². The molecule has 0 saturated heterocycles. The monoisotopic (exact) mass is 281 g/mol. The van der Waals surface area contributed by atoms with Crippen molar-refractivity contribution in [2.75, 3.05) is 20.3 Å². The van der Waals surface area contributed by atoms with Crippen molar-refractivity contribution in [1.82, 2.24) is 0 Å². The van der Waals surface area contributed by atoms with Gasteiger partial charge >= 0.3 is 0 Å². The van der Waals surface area contributed by atoms with Gasteiger partial charge in [-0.05, 0) is 44.4 Å². The first-order valence-electron chi connectivity index (χ1n) is 7.23. The first-order valence-corrected chi connectivity index (χ1v) is 7.23. The molecule has 4 nitrogen and oxygen atoms in total. The molecule has 0 aliphatic rings. The topological polar surface area (TPSA) is 53.7 Å². The second-order valence-electron chi connectivity index (χ2n) is 5.13. The summed E-state index contributed by atoms with van der Waals surface area (Å²) in [5.74, 6) is 1.49. The number of nitrogens with two attached hydrogens (primary N) is 1. The molecule has 114 valence electrons. The van der Waals surface area contributed by atoms with Crippen LogP contribution in [0.1, 0.15) is 32.8 Å². The summed E-state index contributed by atoms with van der Waals surface area (Å²) in [6, 6.07) is 6.16. The van der Waals surface area contributed by atoms with Crippen molar-refractivity contribution >= 4 is 0 Å². The minimum Gasteiger partial charge on any atom is -0.493 e. The second kappa shape index (κ2) is 8.82. The Morgan fingerprint density at radius 1 is 1.15 bits per heavy atom. The number of rotatable bonds is 9. The third-order valence-corrected chi connectivity index (χ3v) is 3.04. The molecule has 1 atom stereocenters. The van der Waals surface area contributed by atoms with Gasteiger partial charge in [0.1, 0.15) is 6.61 Å². The van der Waals surface area contributed by atoms with Crippen molar-refractivity contribution in [2.45, 2.75) is 45.8 Å². The molecule has 0 aliphatic carbocycles. The normalized spacial score (nSPS) is 12.5. The van der Waals surface area contributed by atoms with Crippen LogP contribution in [-0.2, 0) is 11.2 Å². The summed E-state index contributed by atoms with van der Waals surface area (Å²) in [5, 5.41) is 0. The van der Waals surface area contributed by atoms with Crippen molar-refractivity contribution < 1.29 is 14.2 Å². The van der Waals surface area contributed by atoms with Crippen LogP contribution in [0.5, 0.6) is 11.5 Å². The van der Waals surface area contributed by atoms with Crippen LogP contribution in [0.4, 0.5) is 0 Å². The van der Waals surface area contributed by atoms with Crippen LogP contribution in [0.3, 0.4) is 0 Å². The van der Waals surface area contributed by atoms with E-state index in [1.807, 2.05) is 32.0 Å². The van der Waals surface area contributed by atoms with Crippen LogP contribution in [0, 0.1) is 0 Å². The van der Waals surface area contributed by atoms with Crippen molar-refractivity contribution in [2.24, 2.45) is 5.73 Å². The van der Waals surface area contributed by atoms with E-state index < -0.39 is 0 Å². The molecule has 0 radical (unpaired) electrons. The lowest BCUT2D eigenvalue weighted by molar-refractivity contribution is 0.0547. The van der Waals surface area contributed by atoms with Gasteiger partial charge in [-0.25, -0.2) is 0 Å². The Kier molecular flexibility index (Phi) is 7.41. The van der Waals surface area contributed by atoms with Crippen LogP contribution in [-0.4, -0.2) is 32.5 Å². The predicted molar refractivity (Wildman–Crippen MR) is 81.5 cm³/mol. The number of hydrogen-bond acceptors (Lipinski definition) is 4. The molecule has 0 heterocycles. The lowest BCUT2D eigenvalue weighted by Crippen LogP contribution is -2.21. The Hall–Kier alpha value is -1.26. The largest absolute Gasteiger partial charge is 0.493 e. The number of hydrogen-bond donors (Lipinski definition) is 1. The van der Waals surface area contributed by atoms with Crippen LogP contribution in [0.2, 0.25) is 0 Å². The molecule has 2 N–H and O–H groups in total. The van der Waals surface area contributed by atoms with Gasteiger partial charge in [0.05, 0.1) is 19.8 Å². The minimum atomic E-state index is 0.186. The molecule has 0 spiro atoms.